The molecule has 0 radical (unpaired) electrons. The van der Waals surface area contributed by atoms with Crippen LogP contribution in [-0.4, -0.2) is 12.1 Å². The van der Waals surface area contributed by atoms with Crippen LogP contribution in [0.2, 0.25) is 5.02 Å². The molecule has 0 amide bonds. The summed E-state index contributed by atoms with van der Waals surface area (Å²) in [6.45, 7) is 0. The fourth-order valence-electron chi connectivity index (χ4n) is 1.17. The molecular weight excluding hydrogens is 218 g/mol. The molecule has 0 saturated carbocycles. The van der Waals surface area contributed by atoms with Crippen molar-refractivity contribution in [2.75, 3.05) is 7.11 Å². The Balaban J connectivity index is 2.43. The lowest BCUT2D eigenvalue weighted by Crippen LogP contribution is -1.84. The van der Waals surface area contributed by atoms with Gasteiger partial charge in [0, 0.05) is 17.1 Å². The molecule has 1 aromatic heterocycles. The highest BCUT2D eigenvalue weighted by Crippen LogP contribution is 2.30. The minimum Gasteiger partial charge on any atom is -0.495 e. The molecule has 0 unspecified atom stereocenters. The number of halogens is 1. The first-order chi connectivity index (χ1) is 6.81. The van der Waals surface area contributed by atoms with Crippen LogP contribution in [0.4, 0.5) is 0 Å². The SMILES string of the molecule is COc1ccc(-c2nccs2)cc1Cl. The lowest BCUT2D eigenvalue weighted by molar-refractivity contribution is 0.415. The highest BCUT2D eigenvalue weighted by atomic mass is 35.5. The number of methoxy groups -OCH3 is 1. The Morgan fingerprint density at radius 1 is 1.43 bits per heavy atom. The summed E-state index contributed by atoms with van der Waals surface area (Å²) in [5.41, 5.74) is 1.02. The van der Waals surface area contributed by atoms with Gasteiger partial charge in [0.05, 0.1) is 12.1 Å². The molecule has 0 N–H and O–H groups in total. The molecule has 0 saturated heterocycles. The minimum atomic E-state index is 0.611. The third kappa shape index (κ3) is 1.74. The van der Waals surface area contributed by atoms with Gasteiger partial charge in [-0.25, -0.2) is 4.98 Å². The van der Waals surface area contributed by atoms with Crippen molar-refractivity contribution in [2.24, 2.45) is 0 Å². The largest absolute Gasteiger partial charge is 0.495 e. The van der Waals surface area contributed by atoms with Crippen LogP contribution >= 0.6 is 22.9 Å². The van der Waals surface area contributed by atoms with E-state index in [4.69, 9.17) is 16.3 Å². The minimum absolute atomic E-state index is 0.611. The normalized spacial score (nSPS) is 10.1. The second-order valence-corrected chi connectivity index (χ2v) is 3.99. The maximum Gasteiger partial charge on any atom is 0.137 e. The number of nitrogens with zero attached hydrogens (tertiary/aromatic N) is 1. The van der Waals surface area contributed by atoms with Crippen LogP contribution in [0.5, 0.6) is 5.75 Å². The van der Waals surface area contributed by atoms with Crippen LogP contribution in [0.15, 0.2) is 29.8 Å². The van der Waals surface area contributed by atoms with Gasteiger partial charge in [-0.1, -0.05) is 11.6 Å². The molecule has 0 aliphatic rings. The second kappa shape index (κ2) is 3.98. The summed E-state index contributed by atoms with van der Waals surface area (Å²) in [5.74, 6) is 0.687. The smallest absolute Gasteiger partial charge is 0.137 e. The van der Waals surface area contributed by atoms with Gasteiger partial charge < -0.3 is 4.74 Å². The standard InChI is InChI=1S/C10H8ClNOS/c1-13-9-3-2-7(6-8(9)11)10-12-4-5-14-10/h2-6H,1H3. The zero-order valence-electron chi connectivity index (χ0n) is 7.53. The predicted octanol–water partition coefficient (Wildman–Crippen LogP) is 3.47. The van der Waals surface area contributed by atoms with E-state index in [-0.39, 0.29) is 0 Å². The third-order valence-electron chi connectivity index (χ3n) is 1.83. The molecule has 2 rings (SSSR count). The van der Waals surface area contributed by atoms with Gasteiger partial charge in [0.15, 0.2) is 0 Å². The van der Waals surface area contributed by atoms with Crippen molar-refractivity contribution in [1.29, 1.82) is 0 Å². The molecule has 0 spiro atoms. The van der Waals surface area contributed by atoms with Crippen molar-refractivity contribution < 1.29 is 4.74 Å². The van der Waals surface area contributed by atoms with Crippen molar-refractivity contribution in [3.63, 3.8) is 0 Å². The van der Waals surface area contributed by atoms with Crippen LogP contribution < -0.4 is 4.74 Å². The van der Waals surface area contributed by atoms with E-state index in [1.807, 2.05) is 23.6 Å². The van der Waals surface area contributed by atoms with E-state index in [1.165, 1.54) is 0 Å². The van der Waals surface area contributed by atoms with E-state index in [2.05, 4.69) is 4.98 Å². The van der Waals surface area contributed by atoms with Crippen LogP contribution in [-0.2, 0) is 0 Å². The Bertz CT molecular complexity index is 428. The number of benzene rings is 1. The molecule has 0 bridgehead atoms. The number of hydrogen-bond donors (Lipinski definition) is 0. The van der Waals surface area contributed by atoms with Gasteiger partial charge in [0.2, 0.25) is 0 Å². The molecule has 1 aromatic carbocycles. The second-order valence-electron chi connectivity index (χ2n) is 2.69. The number of aromatic nitrogens is 1. The number of thiazole rings is 1. The highest BCUT2D eigenvalue weighted by Gasteiger charge is 2.04. The number of ether oxygens (including phenoxy) is 1. The molecule has 2 aromatic rings. The summed E-state index contributed by atoms with van der Waals surface area (Å²) in [5, 5.41) is 3.52. The Morgan fingerprint density at radius 2 is 2.29 bits per heavy atom. The average molecular weight is 226 g/mol. The van der Waals surface area contributed by atoms with Crippen molar-refractivity contribution in [1.82, 2.24) is 4.98 Å². The van der Waals surface area contributed by atoms with Gasteiger partial charge in [0.25, 0.3) is 0 Å². The first-order valence-electron chi connectivity index (χ1n) is 4.04. The quantitative estimate of drug-likeness (QED) is 0.781. The Kier molecular flexibility index (Phi) is 2.70. The van der Waals surface area contributed by atoms with E-state index < -0.39 is 0 Å². The number of rotatable bonds is 2. The zero-order valence-corrected chi connectivity index (χ0v) is 9.10. The van der Waals surface area contributed by atoms with Crippen LogP contribution in [0.1, 0.15) is 0 Å². The summed E-state index contributed by atoms with van der Waals surface area (Å²) < 4.78 is 5.07. The molecule has 0 fully saturated rings. The van der Waals surface area contributed by atoms with E-state index in [0.29, 0.717) is 10.8 Å². The highest BCUT2D eigenvalue weighted by molar-refractivity contribution is 7.13. The molecule has 2 nitrogen and oxygen atoms in total. The van der Waals surface area contributed by atoms with E-state index in [9.17, 15) is 0 Å². The van der Waals surface area contributed by atoms with E-state index in [1.54, 1.807) is 24.6 Å². The zero-order chi connectivity index (χ0) is 9.97. The van der Waals surface area contributed by atoms with Gasteiger partial charge >= 0.3 is 0 Å². The molecule has 72 valence electrons. The maximum atomic E-state index is 6.00. The van der Waals surface area contributed by atoms with Gasteiger partial charge in [-0.2, -0.15) is 0 Å². The summed E-state index contributed by atoms with van der Waals surface area (Å²) in [6.07, 6.45) is 1.78. The maximum absolute atomic E-state index is 6.00. The molecular formula is C10H8ClNOS. The lowest BCUT2D eigenvalue weighted by Gasteiger charge is -2.03. The summed E-state index contributed by atoms with van der Waals surface area (Å²) in [4.78, 5) is 4.20. The summed E-state index contributed by atoms with van der Waals surface area (Å²) >= 11 is 7.59. The number of hydrogen-bond acceptors (Lipinski definition) is 3. The average Bonchev–Trinajstić information content (AvgIpc) is 2.70. The van der Waals surface area contributed by atoms with Gasteiger partial charge in [0.1, 0.15) is 10.8 Å². The Labute approximate surface area is 91.1 Å². The lowest BCUT2D eigenvalue weighted by atomic mass is 10.2. The van der Waals surface area contributed by atoms with Crippen molar-refractivity contribution in [2.45, 2.75) is 0 Å². The van der Waals surface area contributed by atoms with E-state index in [0.717, 1.165) is 10.6 Å². The van der Waals surface area contributed by atoms with E-state index >= 15 is 0 Å². The first-order valence-corrected chi connectivity index (χ1v) is 5.30. The fraction of sp³-hybridized carbons (Fsp3) is 0.100. The van der Waals surface area contributed by atoms with Gasteiger partial charge in [-0.05, 0) is 18.2 Å². The predicted molar refractivity (Wildman–Crippen MR) is 59.1 cm³/mol. The molecule has 0 aliphatic carbocycles. The Morgan fingerprint density at radius 3 is 2.86 bits per heavy atom. The van der Waals surface area contributed by atoms with Crippen molar-refractivity contribution >= 4 is 22.9 Å². The molecule has 0 atom stereocenters. The molecule has 4 heteroatoms. The van der Waals surface area contributed by atoms with Gasteiger partial charge in [-0.15, -0.1) is 11.3 Å². The van der Waals surface area contributed by atoms with Crippen LogP contribution in [0, 0.1) is 0 Å². The summed E-state index contributed by atoms with van der Waals surface area (Å²) in [6, 6.07) is 5.65. The fourth-order valence-corrected chi connectivity index (χ4v) is 2.06. The third-order valence-corrected chi connectivity index (χ3v) is 2.95. The first kappa shape index (κ1) is 9.49. The monoisotopic (exact) mass is 225 g/mol. The van der Waals surface area contributed by atoms with Crippen molar-refractivity contribution in [3.05, 3.63) is 34.8 Å². The molecule has 1 heterocycles. The van der Waals surface area contributed by atoms with Crippen LogP contribution in [0.25, 0.3) is 10.6 Å². The van der Waals surface area contributed by atoms with Crippen LogP contribution in [0.3, 0.4) is 0 Å². The van der Waals surface area contributed by atoms with Crippen molar-refractivity contribution in [3.8, 4) is 16.3 Å². The topological polar surface area (TPSA) is 22.1 Å². The molecule has 14 heavy (non-hydrogen) atoms. The van der Waals surface area contributed by atoms with Gasteiger partial charge in [-0.3, -0.25) is 0 Å². The molecule has 0 aliphatic heterocycles. The summed E-state index contributed by atoms with van der Waals surface area (Å²) in [7, 11) is 1.60. The Hall–Kier alpha value is -1.06.